The first kappa shape index (κ1) is 32.8. The third-order valence-electron chi connectivity index (χ3n) is 7.65. The van der Waals surface area contributed by atoms with Crippen LogP contribution in [0.3, 0.4) is 0 Å². The zero-order valence-corrected chi connectivity index (χ0v) is 21.2. The number of ether oxygens (including phenoxy) is 5. The van der Waals surface area contributed by atoms with Gasteiger partial charge in [0.1, 0.15) is 48.8 Å². The van der Waals surface area contributed by atoms with Crippen LogP contribution in [0.25, 0.3) is 0 Å². The van der Waals surface area contributed by atoms with Crippen molar-refractivity contribution < 1.29 is 74.7 Å². The van der Waals surface area contributed by atoms with Gasteiger partial charge >= 0.3 is 0 Å². The zero-order valence-electron chi connectivity index (χ0n) is 21.2. The molecule has 18 heteroatoms. The van der Waals surface area contributed by atoms with Crippen molar-refractivity contribution >= 4 is 0 Å². The molecule has 39 heavy (non-hydrogen) atoms. The molecular weight excluding hydrogens is 534 g/mol. The smallest absolute Gasteiger partial charge is 0.197 e. The highest BCUT2D eigenvalue weighted by Gasteiger charge is 2.63. The fraction of sp³-hybridized carbons (Fsp3) is 1.00. The van der Waals surface area contributed by atoms with Gasteiger partial charge in [0.15, 0.2) is 30.3 Å². The summed E-state index contributed by atoms with van der Waals surface area (Å²) in [6, 6.07) is -4.31. The summed E-state index contributed by atoms with van der Waals surface area (Å²) in [6.45, 7) is -1.38. The second-order valence-electron chi connectivity index (χ2n) is 10.0. The number of aliphatic hydroxyl groups is 10. The maximum absolute atomic E-state index is 11.0. The lowest BCUT2D eigenvalue weighted by atomic mass is 9.79. The highest BCUT2D eigenvalue weighted by atomic mass is 16.7. The minimum absolute atomic E-state index is 0.454. The third-order valence-corrected chi connectivity index (χ3v) is 7.65. The zero-order chi connectivity index (χ0) is 29.4. The molecule has 16 N–H and O–H groups in total. The average molecular weight is 576 g/mol. The summed E-state index contributed by atoms with van der Waals surface area (Å²) in [5.41, 5.74) is 15.1. The van der Waals surface area contributed by atoms with Gasteiger partial charge in [-0.25, -0.2) is 0 Å². The van der Waals surface area contributed by atoms with Crippen molar-refractivity contribution in [2.75, 3.05) is 19.8 Å². The lowest BCUT2D eigenvalue weighted by Crippen LogP contribution is -2.77. The van der Waals surface area contributed by atoms with Gasteiger partial charge in [0, 0.05) is 6.42 Å². The van der Waals surface area contributed by atoms with Crippen molar-refractivity contribution in [3.63, 3.8) is 0 Å². The molecule has 0 aromatic carbocycles. The van der Waals surface area contributed by atoms with Gasteiger partial charge in [0.05, 0.1) is 37.9 Å². The van der Waals surface area contributed by atoms with Crippen LogP contribution >= 0.6 is 0 Å². The standard InChI is InChI=1S/C21H41N3O15/c1-2-21(33,34)20(5-27)16(31)13(30)10(24)19(39-20)38-15-7(4-26)36-18(9(23)12(15)29)37-14-6(3-25)35-17(32)8(22)11(14)28/h6-19,25-34H,2-5,22-24H2,1H3/t6-,7-,8-,9-,10-,11-,12-,13-,14?,15?,16+,17-,18+,19+,20-/m1/s1. The molecule has 3 aliphatic heterocycles. The van der Waals surface area contributed by atoms with E-state index in [2.05, 4.69) is 0 Å². The van der Waals surface area contributed by atoms with Gasteiger partial charge in [-0.3, -0.25) is 0 Å². The summed E-state index contributed by atoms with van der Waals surface area (Å²) < 4.78 is 27.6. The number of aliphatic hydroxyl groups excluding tert-OH is 8. The predicted molar refractivity (Wildman–Crippen MR) is 124 cm³/mol. The number of hydrogen-bond donors (Lipinski definition) is 13. The quantitative estimate of drug-likeness (QED) is 0.113. The van der Waals surface area contributed by atoms with E-state index in [0.717, 1.165) is 0 Å². The molecular formula is C21H41N3O15. The van der Waals surface area contributed by atoms with Gasteiger partial charge in [-0.2, -0.15) is 0 Å². The van der Waals surface area contributed by atoms with Crippen LogP contribution in [0.4, 0.5) is 0 Å². The van der Waals surface area contributed by atoms with E-state index in [4.69, 9.17) is 40.9 Å². The molecule has 0 aromatic rings. The largest absolute Gasteiger partial charge is 0.394 e. The summed E-state index contributed by atoms with van der Waals surface area (Å²) in [6.07, 6.45) is -18.2. The molecule has 2 unspecified atom stereocenters. The Hall–Kier alpha value is -0.720. The minimum Gasteiger partial charge on any atom is -0.394 e. The highest BCUT2D eigenvalue weighted by Crippen LogP contribution is 2.39. The third kappa shape index (κ3) is 5.82. The van der Waals surface area contributed by atoms with E-state index >= 15 is 0 Å². The van der Waals surface area contributed by atoms with Crippen LogP contribution < -0.4 is 17.2 Å². The van der Waals surface area contributed by atoms with E-state index < -0.39 is 123 Å². The van der Waals surface area contributed by atoms with E-state index in [0.29, 0.717) is 0 Å². The summed E-state index contributed by atoms with van der Waals surface area (Å²) in [7, 11) is 0. The van der Waals surface area contributed by atoms with Crippen molar-refractivity contribution in [1.29, 1.82) is 0 Å². The van der Waals surface area contributed by atoms with Crippen molar-refractivity contribution in [3.8, 4) is 0 Å². The average Bonchev–Trinajstić information content (AvgIpc) is 2.92. The van der Waals surface area contributed by atoms with Crippen molar-refractivity contribution in [2.24, 2.45) is 17.2 Å². The van der Waals surface area contributed by atoms with Crippen LogP contribution in [-0.4, -0.2) is 168 Å². The van der Waals surface area contributed by atoms with Gasteiger partial charge in [-0.15, -0.1) is 0 Å². The first-order valence-electron chi connectivity index (χ1n) is 12.4. The Morgan fingerprint density at radius 3 is 1.74 bits per heavy atom. The second kappa shape index (κ2) is 12.7. The van der Waals surface area contributed by atoms with Gasteiger partial charge in [-0.1, -0.05) is 6.92 Å². The first-order valence-corrected chi connectivity index (χ1v) is 12.4. The Bertz CT molecular complexity index is 796. The molecule has 18 nitrogen and oxygen atoms in total. The summed E-state index contributed by atoms with van der Waals surface area (Å²) >= 11 is 0. The summed E-state index contributed by atoms with van der Waals surface area (Å²) in [4.78, 5) is 0. The molecule has 3 aliphatic rings. The molecule has 3 heterocycles. The lowest BCUT2D eigenvalue weighted by molar-refractivity contribution is -0.409. The van der Waals surface area contributed by atoms with Gasteiger partial charge < -0.3 is 92.0 Å². The Morgan fingerprint density at radius 1 is 0.744 bits per heavy atom. The van der Waals surface area contributed by atoms with Gasteiger partial charge in [-0.05, 0) is 0 Å². The highest BCUT2D eigenvalue weighted by molar-refractivity contribution is 5.08. The Morgan fingerprint density at radius 2 is 1.23 bits per heavy atom. The molecule has 230 valence electrons. The van der Waals surface area contributed by atoms with E-state index in [1.165, 1.54) is 6.92 Å². The second-order valence-corrected chi connectivity index (χ2v) is 10.0. The van der Waals surface area contributed by atoms with Crippen LogP contribution in [-0.2, 0) is 23.7 Å². The molecule has 15 atom stereocenters. The molecule has 0 spiro atoms. The number of hydrogen-bond acceptors (Lipinski definition) is 18. The topological polar surface area (TPSA) is 327 Å². The van der Waals surface area contributed by atoms with Crippen molar-refractivity contribution in [1.82, 2.24) is 0 Å². The van der Waals surface area contributed by atoms with Crippen molar-refractivity contribution in [2.45, 2.75) is 111 Å². The molecule has 0 amide bonds. The predicted octanol–water partition coefficient (Wildman–Crippen LogP) is -8.21. The van der Waals surface area contributed by atoms with Crippen LogP contribution in [0.15, 0.2) is 0 Å². The molecule has 0 bridgehead atoms. The van der Waals surface area contributed by atoms with Crippen LogP contribution in [0, 0.1) is 0 Å². The maximum atomic E-state index is 11.0. The molecule has 0 radical (unpaired) electrons. The van der Waals surface area contributed by atoms with Gasteiger partial charge in [0.2, 0.25) is 0 Å². The molecule has 3 rings (SSSR count). The van der Waals surface area contributed by atoms with E-state index in [1.807, 2.05) is 0 Å². The minimum atomic E-state index is -2.86. The SMILES string of the molecule is CCC(O)(O)[C@]1(CO)O[C@H](OC2[C@@H](CO)O[C@@H](OC3[C@@H](CO)O[C@@H](O)[C@H](N)[C@H]3O)[C@H](N)[C@H]2O)[C@H](N)[C@@H](O)[C@@H]1O. The van der Waals surface area contributed by atoms with Crippen molar-refractivity contribution in [3.05, 3.63) is 0 Å². The monoisotopic (exact) mass is 575 g/mol. The number of rotatable bonds is 9. The van der Waals surface area contributed by atoms with E-state index in [9.17, 15) is 51.1 Å². The number of nitrogens with two attached hydrogens (primary N) is 3. The molecule has 0 aliphatic carbocycles. The molecule has 3 saturated heterocycles. The normalized spacial score (nSPS) is 49.7. The first-order chi connectivity index (χ1) is 18.2. The van der Waals surface area contributed by atoms with E-state index in [1.54, 1.807) is 0 Å². The molecule has 3 fully saturated rings. The fourth-order valence-electron chi connectivity index (χ4n) is 4.97. The van der Waals surface area contributed by atoms with Crippen LogP contribution in [0.1, 0.15) is 13.3 Å². The Kier molecular flexibility index (Phi) is 10.6. The maximum Gasteiger partial charge on any atom is 0.197 e. The van der Waals surface area contributed by atoms with Gasteiger partial charge in [0.25, 0.3) is 0 Å². The summed E-state index contributed by atoms with van der Waals surface area (Å²) in [5, 5.41) is 103. The summed E-state index contributed by atoms with van der Waals surface area (Å²) in [5.74, 6) is -2.86. The fourth-order valence-corrected chi connectivity index (χ4v) is 4.97. The molecule has 0 saturated carbocycles. The Labute approximate surface area is 223 Å². The van der Waals surface area contributed by atoms with Crippen LogP contribution in [0.2, 0.25) is 0 Å². The van der Waals surface area contributed by atoms with Crippen LogP contribution in [0.5, 0.6) is 0 Å². The molecule has 0 aromatic heterocycles. The van der Waals surface area contributed by atoms with E-state index in [-0.39, 0.29) is 0 Å². The Balaban J connectivity index is 1.81. The lowest BCUT2D eigenvalue weighted by Gasteiger charge is -2.54.